The number of rotatable bonds is 7. The minimum Gasteiger partial charge on any atom is -0.309 e. The van der Waals surface area contributed by atoms with Crippen LogP contribution in [0.3, 0.4) is 0 Å². The minimum atomic E-state index is -0.394. The van der Waals surface area contributed by atoms with Crippen LogP contribution in [0.25, 0.3) is 224 Å². The van der Waals surface area contributed by atoms with Gasteiger partial charge in [0.15, 0.2) is 0 Å². The van der Waals surface area contributed by atoms with Gasteiger partial charge in [0.25, 0.3) is 0 Å². The van der Waals surface area contributed by atoms with Crippen LogP contribution in [0.15, 0.2) is 430 Å². The Labute approximate surface area is 788 Å². The van der Waals surface area contributed by atoms with Crippen molar-refractivity contribution in [3.05, 3.63) is 430 Å². The van der Waals surface area contributed by atoms with Crippen molar-refractivity contribution in [2.24, 2.45) is 0 Å². The molecule has 127 heavy (non-hydrogen) atoms. The lowest BCUT2D eigenvalue weighted by atomic mass is 9.97. The first-order chi connectivity index (χ1) is 64.3. The molecule has 8 aromatic heterocycles. The maximum absolute atomic E-state index is 8.78. The monoisotopic (exact) mass is 1960 g/mol. The molecule has 0 unspecified atom stereocenters. The summed E-state index contributed by atoms with van der Waals surface area (Å²) in [6.07, 6.45) is 0. The van der Waals surface area contributed by atoms with Gasteiger partial charge in [-0.15, -0.1) is 45.3 Å². The van der Waals surface area contributed by atoms with Crippen LogP contribution >= 0.6 is 109 Å². The Bertz CT molecular complexity index is 9310. The first-order valence-electron chi connectivity index (χ1n) is 43.9. The topological polar surface area (TPSA) is 19.7 Å². The molecule has 27 aromatic rings. The fourth-order valence-electron chi connectivity index (χ4n) is 19.0. The average molecular weight is 1960 g/mol. The van der Waals surface area contributed by atoms with Gasteiger partial charge in [0.1, 0.15) is 0 Å². The molecule has 0 amide bonds. The van der Waals surface area contributed by atoms with E-state index in [1.807, 2.05) is 87.1 Å². The number of nitrogens with zero attached hydrogens (tertiary/aromatic N) is 4. The third-order valence-corrected chi connectivity index (χ3v) is 31.9. The van der Waals surface area contributed by atoms with Crippen molar-refractivity contribution in [1.82, 2.24) is 18.3 Å². The van der Waals surface area contributed by atoms with Gasteiger partial charge in [0.05, 0.1) is 69.8 Å². The van der Waals surface area contributed by atoms with Gasteiger partial charge in [-0.05, 0) is 211 Å². The molecule has 19 aromatic carbocycles. The number of halogens is 4. The molecule has 4 nitrogen and oxygen atoms in total. The van der Waals surface area contributed by atoms with Crippen molar-refractivity contribution >= 4 is 277 Å². The molecule has 0 saturated heterocycles. The van der Waals surface area contributed by atoms with Crippen molar-refractivity contribution in [3.8, 4) is 56.1 Å². The Morgan fingerprint density at radius 3 is 0.866 bits per heavy atom. The zero-order chi connectivity index (χ0) is 88.1. The fraction of sp³-hybridized carbons (Fsp3) is 0.00870. The molecule has 604 valence electrons. The molecule has 0 spiro atoms. The second-order valence-electron chi connectivity index (χ2n) is 31.3. The lowest BCUT2D eigenvalue weighted by Crippen LogP contribution is -1.94. The first kappa shape index (κ1) is 73.4. The van der Waals surface area contributed by atoms with Gasteiger partial charge in [-0.3, -0.25) is 0 Å². The smallest absolute Gasteiger partial charge is 0.0720 e. The van der Waals surface area contributed by atoms with Crippen LogP contribution in [0.5, 0.6) is 0 Å². The highest BCUT2D eigenvalue weighted by Crippen LogP contribution is 2.53. The summed E-state index contributed by atoms with van der Waals surface area (Å²) in [4.78, 5) is 0. The molecule has 0 saturated carbocycles. The van der Waals surface area contributed by atoms with Crippen LogP contribution in [-0.2, 0) is 0 Å². The van der Waals surface area contributed by atoms with E-state index < -0.39 is 6.04 Å². The number of hydrogen-bond donors (Lipinski definition) is 0. The molecule has 0 atom stereocenters. The zero-order valence-corrected chi connectivity index (χ0v) is 76.4. The SMILES string of the molecule is Brc1cc2c3ccccc3n(-c3ccc(-c4ccccc4)cc3)c2c2c1sc1ccccc12.Brc1cc2c3ccccc3n(-c3ccccc3)c2c2c1sc1ccccc12.Brc1ccc(-c2cc3c4ccccc4n(-c4ccccc4)c3c3sc4ccccc4c23)cc1.C.[2H]c1c([2H])c([2H])c(-n2c3ccccc3c3cc(-c4ccc(Br)cc4)c4c5ccccc5sc4c32)c([2H])c1[2H]. The number of hydrogen-bond acceptors (Lipinski definition) is 4. The van der Waals surface area contributed by atoms with Crippen molar-refractivity contribution < 1.29 is 6.85 Å². The largest absolute Gasteiger partial charge is 0.309 e. The van der Waals surface area contributed by atoms with E-state index in [2.05, 4.69) is 411 Å². The molecule has 8 heterocycles. The molecular weight excluding hydrogens is 1890 g/mol. The molecule has 0 bridgehead atoms. The van der Waals surface area contributed by atoms with Crippen molar-refractivity contribution in [3.63, 3.8) is 0 Å². The number of para-hydroxylation sites is 7. The highest BCUT2D eigenvalue weighted by molar-refractivity contribution is 9.11. The number of fused-ring (bicyclic) bond motifs is 28. The van der Waals surface area contributed by atoms with E-state index in [0.29, 0.717) is 0 Å². The Morgan fingerprint density at radius 1 is 0.213 bits per heavy atom. The summed E-state index contributed by atoms with van der Waals surface area (Å²) in [5.74, 6) is 0. The van der Waals surface area contributed by atoms with Crippen molar-refractivity contribution in [2.75, 3.05) is 0 Å². The summed E-state index contributed by atoms with van der Waals surface area (Å²) in [7, 11) is 0. The Hall–Kier alpha value is -12.8. The highest BCUT2D eigenvalue weighted by atomic mass is 79.9. The molecule has 0 aliphatic carbocycles. The maximum atomic E-state index is 8.78. The van der Waals surface area contributed by atoms with Gasteiger partial charge in [-0.1, -0.05) is 306 Å². The van der Waals surface area contributed by atoms with Crippen molar-refractivity contribution in [1.29, 1.82) is 0 Å². The Kier molecular flexibility index (Phi) is 18.8. The maximum Gasteiger partial charge on any atom is 0.0720 e. The number of thiophene rings is 4. The first-order valence-corrected chi connectivity index (χ1v) is 47.9. The number of benzene rings is 19. The Morgan fingerprint density at radius 2 is 0.488 bits per heavy atom. The Balaban J connectivity index is 0.000000100. The molecular formula is C115H72Br4N4S4. The minimum absolute atomic E-state index is 0. The molecule has 0 aliphatic heterocycles. The summed E-state index contributed by atoms with van der Waals surface area (Å²) >= 11 is 22.2. The summed E-state index contributed by atoms with van der Waals surface area (Å²) in [5.41, 5.74) is 20.1. The van der Waals surface area contributed by atoms with Gasteiger partial charge < -0.3 is 18.3 Å². The van der Waals surface area contributed by atoms with Crippen LogP contribution in [0.4, 0.5) is 0 Å². The van der Waals surface area contributed by atoms with Crippen LogP contribution in [-0.4, -0.2) is 18.3 Å². The second kappa shape index (κ2) is 32.6. The predicted octanol–water partition coefficient (Wildman–Crippen LogP) is 37.3. The van der Waals surface area contributed by atoms with Gasteiger partial charge in [0.2, 0.25) is 0 Å². The predicted molar refractivity (Wildman–Crippen MR) is 569 cm³/mol. The molecule has 0 N–H and O–H groups in total. The van der Waals surface area contributed by atoms with E-state index in [4.69, 9.17) is 6.85 Å². The lowest BCUT2D eigenvalue weighted by Gasteiger charge is -2.11. The number of aromatic nitrogens is 4. The summed E-state index contributed by atoms with van der Waals surface area (Å²) in [6.45, 7) is 0. The van der Waals surface area contributed by atoms with Gasteiger partial charge in [-0.2, -0.15) is 0 Å². The molecule has 0 radical (unpaired) electrons. The van der Waals surface area contributed by atoms with Crippen LogP contribution in [0.2, 0.25) is 0 Å². The summed E-state index contributed by atoms with van der Waals surface area (Å²) < 4.78 is 66.0. The highest BCUT2D eigenvalue weighted by Gasteiger charge is 2.27. The fourth-order valence-corrected chi connectivity index (χ4v) is 25.6. The third kappa shape index (κ3) is 13.2. The standard InChI is InChI=1S/3C30H18BrNS.C24H14BrNS.CH4/c2*31-20-16-14-19(15-17-20)24-18-25-22-10-4-6-12-26(22)32(21-8-2-1-3-9-21)29(25)30-28(24)23-11-5-7-13-27(23)33-30;31-25-18-24-22-10-4-6-12-26(22)32(21-16-14-20(15-17-21)19-8-2-1-3-9-19)29(24)28-23-11-5-7-13-27(23)33-30(25)28;25-19-14-18-16-10-4-6-12-20(16)26(15-8-2-1-3-9-15)23(18)22-17-11-5-7-13-21(17)27-24(19)22;/h3*1-18H;1-14H;1H4/i1D,2D,3D,8D,9D;;;;. The van der Waals surface area contributed by atoms with Gasteiger partial charge >= 0.3 is 0 Å². The van der Waals surface area contributed by atoms with Crippen LogP contribution in [0, 0.1) is 0 Å². The van der Waals surface area contributed by atoms with E-state index in [1.165, 1.54) is 170 Å². The average Bonchev–Trinajstić information content (AvgIpc) is 1.57. The lowest BCUT2D eigenvalue weighted by molar-refractivity contribution is 1.19. The van der Waals surface area contributed by atoms with Crippen molar-refractivity contribution in [2.45, 2.75) is 7.43 Å². The van der Waals surface area contributed by atoms with Gasteiger partial charge in [-0.25, -0.2) is 0 Å². The van der Waals surface area contributed by atoms with E-state index in [-0.39, 0.29) is 37.3 Å². The third-order valence-electron chi connectivity index (χ3n) is 24.3. The van der Waals surface area contributed by atoms with E-state index in [1.54, 1.807) is 11.3 Å². The van der Waals surface area contributed by atoms with Crippen LogP contribution < -0.4 is 0 Å². The quantitative estimate of drug-likeness (QED) is 0.152. The molecule has 0 aliphatic rings. The van der Waals surface area contributed by atoms with Gasteiger partial charge in [0, 0.05) is 146 Å². The van der Waals surface area contributed by atoms with E-state index in [9.17, 15) is 0 Å². The molecule has 12 heteroatoms. The normalized spacial score (nSPS) is 12.3. The van der Waals surface area contributed by atoms with E-state index >= 15 is 0 Å². The second-order valence-corrected chi connectivity index (χ2v) is 39.1. The summed E-state index contributed by atoms with van der Waals surface area (Å²) in [5, 5.41) is 19.8. The van der Waals surface area contributed by atoms with E-state index in [0.717, 1.165) is 66.5 Å². The zero-order valence-electron chi connectivity index (χ0n) is 71.8. The summed E-state index contributed by atoms with van der Waals surface area (Å²) in [6, 6.07) is 134. The van der Waals surface area contributed by atoms with Crippen LogP contribution in [0.1, 0.15) is 14.3 Å². The molecule has 27 rings (SSSR count). The molecule has 0 fully saturated rings.